The highest BCUT2D eigenvalue weighted by Crippen LogP contribution is 2.41. The van der Waals surface area contributed by atoms with E-state index in [4.69, 9.17) is 12.8 Å². The minimum Gasteiger partial charge on any atom is -0.334 e. The van der Waals surface area contributed by atoms with Crippen LogP contribution in [0.25, 0.3) is 0 Å². The van der Waals surface area contributed by atoms with Crippen molar-refractivity contribution >= 4 is 40.8 Å². The Morgan fingerprint density at radius 3 is 2.55 bits per heavy atom. The third kappa shape index (κ3) is 4.32. The lowest BCUT2D eigenvalue weighted by Gasteiger charge is -2.30. The third-order valence-electron chi connectivity index (χ3n) is 6.44. The van der Waals surface area contributed by atoms with Crippen LogP contribution in [-0.2, 0) is 17.8 Å². The van der Waals surface area contributed by atoms with Crippen LogP contribution in [0.15, 0.2) is 10.9 Å². The van der Waals surface area contributed by atoms with E-state index < -0.39 is 0 Å². The SMILES string of the molecule is Cc1cc(C)c(CN2CCCc3sc(N(S)C4CCC(=O)CC4)c(C)c3C2=O)c(=O)[nH]1. The highest BCUT2D eigenvalue weighted by Gasteiger charge is 2.32. The van der Waals surface area contributed by atoms with Crippen LogP contribution >= 0.6 is 24.2 Å². The molecule has 166 valence electrons. The molecule has 1 saturated carbocycles. The fraction of sp³-hybridized carbons (Fsp3) is 0.522. The fourth-order valence-electron chi connectivity index (χ4n) is 4.68. The molecule has 0 radical (unpaired) electrons. The van der Waals surface area contributed by atoms with Crippen LogP contribution in [-0.4, -0.2) is 34.2 Å². The molecule has 1 N–H and O–H groups in total. The Morgan fingerprint density at radius 1 is 1.16 bits per heavy atom. The van der Waals surface area contributed by atoms with Crippen LogP contribution in [0, 0.1) is 20.8 Å². The summed E-state index contributed by atoms with van der Waals surface area (Å²) in [5.41, 5.74) is 3.99. The monoisotopic (exact) mass is 459 g/mol. The second kappa shape index (κ2) is 8.82. The highest BCUT2D eigenvalue weighted by atomic mass is 32.1. The van der Waals surface area contributed by atoms with E-state index in [1.165, 1.54) is 0 Å². The van der Waals surface area contributed by atoms with Crippen LogP contribution in [0.5, 0.6) is 0 Å². The van der Waals surface area contributed by atoms with Gasteiger partial charge in [-0.3, -0.25) is 14.4 Å². The number of thiol groups is 1. The van der Waals surface area contributed by atoms with E-state index >= 15 is 0 Å². The molecule has 2 aromatic rings. The summed E-state index contributed by atoms with van der Waals surface area (Å²) in [4.78, 5) is 43.4. The first-order chi connectivity index (χ1) is 14.8. The number of nitrogens with zero attached hydrogens (tertiary/aromatic N) is 2. The zero-order valence-electron chi connectivity index (χ0n) is 18.3. The highest BCUT2D eigenvalue weighted by molar-refractivity contribution is 7.82. The second-order valence-electron chi connectivity index (χ2n) is 8.72. The van der Waals surface area contributed by atoms with E-state index in [1.54, 1.807) is 11.3 Å². The van der Waals surface area contributed by atoms with E-state index in [0.717, 1.165) is 57.9 Å². The standard InChI is InChI=1S/C23H29N3O3S2/c1-13-11-14(2)24-21(28)18(13)12-25-10-4-5-19-20(22(25)29)15(3)23(31-19)26(30)16-6-8-17(27)9-7-16/h11,16,30H,4-10,12H2,1-3H3,(H,24,28). The molecule has 8 heteroatoms. The molecule has 1 fully saturated rings. The third-order valence-corrected chi connectivity index (χ3v) is 8.45. The minimum atomic E-state index is -0.120. The van der Waals surface area contributed by atoms with Gasteiger partial charge in [0.25, 0.3) is 11.5 Å². The molecule has 4 rings (SSSR count). The van der Waals surface area contributed by atoms with Crippen molar-refractivity contribution in [2.45, 2.75) is 71.9 Å². The van der Waals surface area contributed by atoms with Gasteiger partial charge in [-0.1, -0.05) is 12.8 Å². The summed E-state index contributed by atoms with van der Waals surface area (Å²) >= 11 is 6.43. The number of hydrogen-bond acceptors (Lipinski definition) is 6. The number of aryl methyl sites for hydroxylation is 3. The molecule has 0 saturated heterocycles. The van der Waals surface area contributed by atoms with Crippen LogP contribution in [0.3, 0.4) is 0 Å². The fourth-order valence-corrected chi connectivity index (χ4v) is 6.50. The number of Topliss-reactive ketones (excluding diaryl/α,β-unsaturated/α-hetero) is 1. The van der Waals surface area contributed by atoms with Crippen LogP contribution in [0.4, 0.5) is 5.00 Å². The Bertz CT molecular complexity index is 1080. The molecule has 2 aromatic heterocycles. The molecular formula is C23H29N3O3S2. The van der Waals surface area contributed by atoms with Crippen molar-refractivity contribution in [2.24, 2.45) is 0 Å². The predicted octanol–water partition coefficient (Wildman–Crippen LogP) is 4.11. The molecule has 0 unspecified atom stereocenters. The second-order valence-corrected chi connectivity index (χ2v) is 10.2. The lowest BCUT2D eigenvalue weighted by atomic mass is 9.94. The maximum Gasteiger partial charge on any atom is 0.255 e. The number of rotatable bonds is 4. The maximum absolute atomic E-state index is 13.5. The molecule has 1 aliphatic heterocycles. The Hall–Kier alpha value is -2.06. The van der Waals surface area contributed by atoms with Crippen LogP contribution in [0.1, 0.15) is 69.7 Å². The van der Waals surface area contributed by atoms with Crippen LogP contribution < -0.4 is 9.86 Å². The number of aromatic nitrogens is 1. The largest absolute Gasteiger partial charge is 0.334 e. The van der Waals surface area contributed by atoms with Gasteiger partial charge in [0.1, 0.15) is 10.8 Å². The van der Waals surface area contributed by atoms with Gasteiger partial charge in [-0.05, 0) is 63.6 Å². The summed E-state index contributed by atoms with van der Waals surface area (Å²) in [6.07, 6.45) is 4.52. The topological polar surface area (TPSA) is 73.5 Å². The molecule has 6 nitrogen and oxygen atoms in total. The van der Waals surface area contributed by atoms with E-state index in [0.29, 0.717) is 37.3 Å². The smallest absolute Gasteiger partial charge is 0.255 e. The number of thiophene rings is 1. The number of hydrogen-bond donors (Lipinski definition) is 2. The first-order valence-corrected chi connectivity index (χ1v) is 12.1. The number of anilines is 1. The number of amides is 1. The summed E-state index contributed by atoms with van der Waals surface area (Å²) in [6, 6.07) is 2.16. The Morgan fingerprint density at radius 2 is 1.87 bits per heavy atom. The summed E-state index contributed by atoms with van der Waals surface area (Å²) in [7, 11) is 0. The van der Waals surface area contributed by atoms with Gasteiger partial charge in [0.05, 0.1) is 12.1 Å². The number of nitrogens with one attached hydrogen (secondary N) is 1. The molecular weight excluding hydrogens is 430 g/mol. The average molecular weight is 460 g/mol. The van der Waals surface area contributed by atoms with Gasteiger partial charge >= 0.3 is 0 Å². The molecule has 1 amide bonds. The quantitative estimate of drug-likeness (QED) is 0.675. The van der Waals surface area contributed by atoms with Crippen molar-refractivity contribution < 1.29 is 9.59 Å². The van der Waals surface area contributed by atoms with Gasteiger partial charge in [0, 0.05) is 41.6 Å². The first-order valence-electron chi connectivity index (χ1n) is 10.9. The number of aromatic amines is 1. The van der Waals surface area contributed by atoms with Gasteiger partial charge in [-0.15, -0.1) is 11.3 Å². The summed E-state index contributed by atoms with van der Waals surface area (Å²) < 4.78 is 1.98. The first kappa shape index (κ1) is 22.1. The Balaban J connectivity index is 1.61. The maximum atomic E-state index is 13.5. The number of carbonyl (C=O) groups is 2. The number of carbonyl (C=O) groups excluding carboxylic acids is 2. The predicted molar refractivity (Wildman–Crippen MR) is 127 cm³/mol. The van der Waals surface area contributed by atoms with Crippen molar-refractivity contribution in [3.8, 4) is 0 Å². The molecule has 1 aliphatic carbocycles. The number of fused-ring (bicyclic) bond motifs is 1. The lowest BCUT2D eigenvalue weighted by molar-refractivity contribution is -0.120. The molecule has 3 heterocycles. The summed E-state index contributed by atoms with van der Waals surface area (Å²) in [5.74, 6) is 0.316. The van der Waals surface area contributed by atoms with Crippen molar-refractivity contribution in [1.29, 1.82) is 0 Å². The lowest BCUT2D eigenvalue weighted by Crippen LogP contribution is -2.34. The van der Waals surface area contributed by atoms with Crippen LogP contribution in [0.2, 0.25) is 0 Å². The molecule has 2 aliphatic rings. The number of H-pyrrole nitrogens is 1. The molecule has 0 atom stereocenters. The van der Waals surface area contributed by atoms with Crippen molar-refractivity contribution in [1.82, 2.24) is 9.88 Å². The van der Waals surface area contributed by atoms with E-state index in [9.17, 15) is 14.4 Å². The van der Waals surface area contributed by atoms with Gasteiger partial charge in [0.15, 0.2) is 0 Å². The van der Waals surface area contributed by atoms with Crippen molar-refractivity contribution in [2.75, 3.05) is 10.8 Å². The molecule has 0 bridgehead atoms. The van der Waals surface area contributed by atoms with Gasteiger partial charge in [-0.2, -0.15) is 0 Å². The number of ketones is 1. The Labute approximate surface area is 192 Å². The molecule has 0 aromatic carbocycles. The average Bonchev–Trinajstić information content (AvgIpc) is 2.95. The van der Waals surface area contributed by atoms with Gasteiger partial charge in [-0.25, -0.2) is 0 Å². The van der Waals surface area contributed by atoms with E-state index in [1.807, 2.05) is 36.0 Å². The van der Waals surface area contributed by atoms with Gasteiger partial charge < -0.3 is 14.2 Å². The molecule has 31 heavy (non-hydrogen) atoms. The minimum absolute atomic E-state index is 0.00701. The summed E-state index contributed by atoms with van der Waals surface area (Å²) in [6.45, 7) is 6.74. The summed E-state index contributed by atoms with van der Waals surface area (Å²) in [5, 5.41) is 1.01. The van der Waals surface area contributed by atoms with Gasteiger partial charge in [0.2, 0.25) is 0 Å². The zero-order chi connectivity index (χ0) is 22.3. The van der Waals surface area contributed by atoms with E-state index in [2.05, 4.69) is 4.98 Å². The Kier molecular flexibility index (Phi) is 6.30. The normalized spacial score (nSPS) is 17.6. The van der Waals surface area contributed by atoms with Crippen molar-refractivity contribution in [3.05, 3.63) is 49.2 Å². The van der Waals surface area contributed by atoms with E-state index in [-0.39, 0.29) is 17.5 Å². The molecule has 0 spiro atoms. The van der Waals surface area contributed by atoms with Crippen molar-refractivity contribution in [3.63, 3.8) is 0 Å². The zero-order valence-corrected chi connectivity index (χ0v) is 20.0. The number of pyridine rings is 1.